The first-order valence-electron chi connectivity index (χ1n) is 8.27. The molecule has 2 N–H and O–H groups in total. The van der Waals surface area contributed by atoms with E-state index in [9.17, 15) is 14.4 Å². The minimum Gasteiger partial charge on any atom is -0.338 e. The molecule has 0 fully saturated rings. The summed E-state index contributed by atoms with van der Waals surface area (Å²) in [6.45, 7) is 0.801. The van der Waals surface area contributed by atoms with Gasteiger partial charge in [-0.1, -0.05) is 35.9 Å². The fourth-order valence-corrected chi connectivity index (χ4v) is 2.88. The molecule has 6 nitrogen and oxygen atoms in total. The van der Waals surface area contributed by atoms with Gasteiger partial charge in [-0.25, -0.2) is 4.79 Å². The molecule has 0 unspecified atom stereocenters. The predicted molar refractivity (Wildman–Crippen MR) is 98.4 cm³/mol. The van der Waals surface area contributed by atoms with Crippen molar-refractivity contribution in [1.29, 1.82) is 0 Å². The first kappa shape index (κ1) is 17.9. The Morgan fingerprint density at radius 2 is 1.46 bits per heavy atom. The van der Waals surface area contributed by atoms with E-state index in [1.165, 1.54) is 0 Å². The molecule has 1 aliphatic rings. The summed E-state index contributed by atoms with van der Waals surface area (Å²) >= 11 is 5.83. The molecular formula is C19H18ClN3O3. The Balaban J connectivity index is 1.40. The molecule has 7 heteroatoms. The normalized spacial score (nSPS) is 12.9. The lowest BCUT2D eigenvalue weighted by Gasteiger charge is -2.14. The van der Waals surface area contributed by atoms with Crippen molar-refractivity contribution in [2.45, 2.75) is 6.42 Å². The van der Waals surface area contributed by atoms with E-state index in [-0.39, 0.29) is 30.9 Å². The average molecular weight is 372 g/mol. The smallest absolute Gasteiger partial charge is 0.314 e. The highest BCUT2D eigenvalue weighted by atomic mass is 35.5. The number of imide groups is 1. The van der Waals surface area contributed by atoms with Crippen molar-refractivity contribution in [3.05, 3.63) is 70.2 Å². The number of urea groups is 1. The number of nitrogens with zero attached hydrogens (tertiary/aromatic N) is 1. The van der Waals surface area contributed by atoms with Gasteiger partial charge in [0.2, 0.25) is 0 Å². The van der Waals surface area contributed by atoms with Crippen molar-refractivity contribution in [3.8, 4) is 0 Å². The van der Waals surface area contributed by atoms with Crippen LogP contribution in [0.4, 0.5) is 4.79 Å². The fraction of sp³-hybridized carbons (Fsp3) is 0.211. The molecule has 0 saturated carbocycles. The molecule has 4 amide bonds. The summed E-state index contributed by atoms with van der Waals surface area (Å²) in [4.78, 5) is 37.4. The van der Waals surface area contributed by atoms with Crippen LogP contribution in [0.1, 0.15) is 26.3 Å². The minimum absolute atomic E-state index is 0.136. The maximum Gasteiger partial charge on any atom is 0.314 e. The van der Waals surface area contributed by atoms with Gasteiger partial charge in [-0.15, -0.1) is 0 Å². The summed E-state index contributed by atoms with van der Waals surface area (Å²) in [7, 11) is 0. The quantitative estimate of drug-likeness (QED) is 0.766. The third kappa shape index (κ3) is 4.03. The van der Waals surface area contributed by atoms with Gasteiger partial charge in [-0.3, -0.25) is 14.5 Å². The van der Waals surface area contributed by atoms with E-state index in [4.69, 9.17) is 11.6 Å². The zero-order valence-corrected chi connectivity index (χ0v) is 14.8. The first-order valence-corrected chi connectivity index (χ1v) is 8.65. The highest BCUT2D eigenvalue weighted by molar-refractivity contribution is 6.30. The predicted octanol–water partition coefficient (Wildman–Crippen LogP) is 2.48. The number of carbonyl (C=O) groups excluding carboxylic acids is 3. The zero-order chi connectivity index (χ0) is 18.5. The molecule has 3 rings (SSSR count). The number of carbonyl (C=O) groups is 3. The molecule has 26 heavy (non-hydrogen) atoms. The number of halogens is 1. The molecule has 0 bridgehead atoms. The van der Waals surface area contributed by atoms with E-state index in [1.54, 1.807) is 36.4 Å². The summed E-state index contributed by atoms with van der Waals surface area (Å²) < 4.78 is 0. The highest BCUT2D eigenvalue weighted by Gasteiger charge is 2.34. The SMILES string of the molecule is O=C(NCCc1ccc(Cl)cc1)NCCN1C(=O)c2ccccc2C1=O. The summed E-state index contributed by atoms with van der Waals surface area (Å²) in [5.74, 6) is -0.647. The average Bonchev–Trinajstić information content (AvgIpc) is 2.89. The van der Waals surface area contributed by atoms with Gasteiger partial charge in [-0.2, -0.15) is 0 Å². The number of rotatable bonds is 6. The molecule has 0 saturated heterocycles. The number of fused-ring (bicyclic) bond motifs is 1. The molecule has 1 heterocycles. The third-order valence-electron chi connectivity index (χ3n) is 4.11. The lowest BCUT2D eigenvalue weighted by atomic mass is 10.1. The highest BCUT2D eigenvalue weighted by Crippen LogP contribution is 2.21. The maximum atomic E-state index is 12.2. The molecule has 2 aromatic rings. The van der Waals surface area contributed by atoms with Crippen LogP contribution >= 0.6 is 11.6 Å². The van der Waals surface area contributed by atoms with Crippen molar-refractivity contribution in [1.82, 2.24) is 15.5 Å². The van der Waals surface area contributed by atoms with E-state index in [0.29, 0.717) is 29.1 Å². The Kier molecular flexibility index (Phi) is 5.53. The van der Waals surface area contributed by atoms with Gasteiger partial charge >= 0.3 is 6.03 Å². The standard InChI is InChI=1S/C19H18ClN3O3/c20-14-7-5-13(6-8-14)9-10-21-19(26)22-11-12-23-17(24)15-3-1-2-4-16(15)18(23)25/h1-8H,9-12H2,(H2,21,22,26). The van der Waals surface area contributed by atoms with E-state index in [0.717, 1.165) is 10.5 Å². The Bertz CT molecular complexity index is 801. The summed E-state index contributed by atoms with van der Waals surface area (Å²) in [5, 5.41) is 6.07. The second-order valence-corrected chi connectivity index (χ2v) is 6.30. The third-order valence-corrected chi connectivity index (χ3v) is 4.36. The van der Waals surface area contributed by atoms with Gasteiger partial charge in [0.1, 0.15) is 0 Å². The van der Waals surface area contributed by atoms with Crippen LogP contribution in [-0.4, -0.2) is 42.4 Å². The molecule has 0 aromatic heterocycles. The second kappa shape index (κ2) is 8.01. The van der Waals surface area contributed by atoms with Crippen molar-refractivity contribution >= 4 is 29.4 Å². The number of amides is 4. The Labute approximate surface area is 156 Å². The Hall–Kier alpha value is -2.86. The molecule has 0 radical (unpaired) electrons. The number of hydrogen-bond donors (Lipinski definition) is 2. The monoisotopic (exact) mass is 371 g/mol. The number of benzene rings is 2. The zero-order valence-electron chi connectivity index (χ0n) is 14.0. The minimum atomic E-state index is -0.337. The van der Waals surface area contributed by atoms with Crippen LogP contribution in [0.5, 0.6) is 0 Å². The molecule has 134 valence electrons. The van der Waals surface area contributed by atoms with Crippen LogP contribution in [0, 0.1) is 0 Å². The van der Waals surface area contributed by atoms with Gasteiger partial charge in [0.05, 0.1) is 11.1 Å². The lowest BCUT2D eigenvalue weighted by Crippen LogP contribution is -2.42. The van der Waals surface area contributed by atoms with Gasteiger partial charge < -0.3 is 10.6 Å². The first-order chi connectivity index (χ1) is 12.6. The maximum absolute atomic E-state index is 12.2. The largest absolute Gasteiger partial charge is 0.338 e. The van der Waals surface area contributed by atoms with Crippen LogP contribution in [0.15, 0.2) is 48.5 Å². The molecule has 0 aliphatic carbocycles. The second-order valence-electron chi connectivity index (χ2n) is 5.87. The number of hydrogen-bond acceptors (Lipinski definition) is 3. The topological polar surface area (TPSA) is 78.5 Å². The van der Waals surface area contributed by atoms with E-state index >= 15 is 0 Å². The molecule has 0 spiro atoms. The van der Waals surface area contributed by atoms with Crippen molar-refractivity contribution in [2.24, 2.45) is 0 Å². The molecule has 2 aromatic carbocycles. The van der Waals surface area contributed by atoms with Crippen LogP contribution in [0.3, 0.4) is 0 Å². The van der Waals surface area contributed by atoms with Crippen LogP contribution in [0.2, 0.25) is 5.02 Å². The Morgan fingerprint density at radius 3 is 2.08 bits per heavy atom. The fourth-order valence-electron chi connectivity index (χ4n) is 2.76. The van der Waals surface area contributed by atoms with E-state index in [2.05, 4.69) is 10.6 Å². The molecular weight excluding hydrogens is 354 g/mol. The summed E-state index contributed by atoms with van der Waals surface area (Å²) in [5.41, 5.74) is 1.88. The Morgan fingerprint density at radius 1 is 0.885 bits per heavy atom. The van der Waals surface area contributed by atoms with Gasteiger partial charge in [0, 0.05) is 24.7 Å². The summed E-state index contributed by atoms with van der Waals surface area (Å²) in [6, 6.07) is 13.8. The van der Waals surface area contributed by atoms with Crippen molar-refractivity contribution in [2.75, 3.05) is 19.6 Å². The van der Waals surface area contributed by atoms with Crippen molar-refractivity contribution < 1.29 is 14.4 Å². The molecule has 1 aliphatic heterocycles. The summed E-state index contributed by atoms with van der Waals surface area (Å²) in [6.07, 6.45) is 0.684. The lowest BCUT2D eigenvalue weighted by molar-refractivity contribution is 0.0656. The van der Waals surface area contributed by atoms with Gasteiger partial charge in [-0.05, 0) is 36.2 Å². The van der Waals surface area contributed by atoms with Gasteiger partial charge in [0.15, 0.2) is 0 Å². The van der Waals surface area contributed by atoms with E-state index in [1.807, 2.05) is 12.1 Å². The van der Waals surface area contributed by atoms with Crippen LogP contribution < -0.4 is 10.6 Å². The van der Waals surface area contributed by atoms with Crippen LogP contribution in [-0.2, 0) is 6.42 Å². The number of nitrogens with one attached hydrogen (secondary N) is 2. The van der Waals surface area contributed by atoms with E-state index < -0.39 is 0 Å². The van der Waals surface area contributed by atoms with Gasteiger partial charge in [0.25, 0.3) is 11.8 Å². The molecule has 0 atom stereocenters. The van der Waals surface area contributed by atoms with Crippen molar-refractivity contribution in [3.63, 3.8) is 0 Å². The van der Waals surface area contributed by atoms with Crippen LogP contribution in [0.25, 0.3) is 0 Å².